The molecule has 0 heterocycles. The molecule has 0 aromatic rings. The van der Waals surface area contributed by atoms with Gasteiger partial charge in [-0.1, -0.05) is 38.8 Å². The van der Waals surface area contributed by atoms with E-state index in [0.29, 0.717) is 29.5 Å². The van der Waals surface area contributed by atoms with E-state index in [1.54, 1.807) is 5.57 Å². The number of ketones is 1. The third-order valence-corrected chi connectivity index (χ3v) is 8.83. The Bertz CT molecular complexity index is 605. The average molecular weight is 331 g/mol. The number of carbonyl (C=O) groups is 1. The minimum atomic E-state index is -0.165. The first-order chi connectivity index (χ1) is 11.2. The Kier molecular flexibility index (Phi) is 3.64. The fourth-order valence-corrected chi connectivity index (χ4v) is 7.56. The van der Waals surface area contributed by atoms with Gasteiger partial charge in [0.05, 0.1) is 6.10 Å². The van der Waals surface area contributed by atoms with E-state index >= 15 is 0 Å². The quantitative estimate of drug-likeness (QED) is 0.650. The zero-order valence-electron chi connectivity index (χ0n) is 16.1. The Morgan fingerprint density at radius 3 is 2.50 bits per heavy atom. The second kappa shape index (κ2) is 5.19. The van der Waals surface area contributed by atoms with E-state index in [2.05, 4.69) is 34.6 Å². The maximum Gasteiger partial charge on any atom is 0.141 e. The van der Waals surface area contributed by atoms with Crippen molar-refractivity contribution in [3.05, 3.63) is 11.1 Å². The Morgan fingerprint density at radius 2 is 1.79 bits per heavy atom. The number of allylic oxidation sites excluding steroid dienone is 1. The van der Waals surface area contributed by atoms with Crippen LogP contribution < -0.4 is 0 Å². The predicted octanol–water partition coefficient (Wildman–Crippen LogP) is 4.76. The van der Waals surface area contributed by atoms with Crippen molar-refractivity contribution in [1.29, 1.82) is 0 Å². The van der Waals surface area contributed by atoms with Gasteiger partial charge in [-0.15, -0.1) is 0 Å². The lowest BCUT2D eigenvalue weighted by Gasteiger charge is -2.58. The van der Waals surface area contributed by atoms with Gasteiger partial charge in [0.1, 0.15) is 5.78 Å². The molecular formula is C22H34O2. The van der Waals surface area contributed by atoms with E-state index in [1.165, 1.54) is 12.0 Å². The van der Waals surface area contributed by atoms with E-state index < -0.39 is 0 Å². The van der Waals surface area contributed by atoms with Gasteiger partial charge in [0.15, 0.2) is 0 Å². The molecule has 0 bridgehead atoms. The molecule has 0 aliphatic heterocycles. The monoisotopic (exact) mass is 330 g/mol. The molecule has 0 unspecified atom stereocenters. The summed E-state index contributed by atoms with van der Waals surface area (Å²) in [5.41, 5.74) is 3.28. The fraction of sp³-hybridized carbons (Fsp3) is 0.864. The van der Waals surface area contributed by atoms with Crippen LogP contribution in [0.15, 0.2) is 11.1 Å². The summed E-state index contributed by atoms with van der Waals surface area (Å²) in [4.78, 5) is 12.8. The molecule has 3 fully saturated rings. The normalized spacial score (nSPS) is 54.3. The molecule has 24 heavy (non-hydrogen) atoms. The smallest absolute Gasteiger partial charge is 0.141 e. The maximum absolute atomic E-state index is 12.8. The van der Waals surface area contributed by atoms with Gasteiger partial charge in [0.25, 0.3) is 0 Å². The second-order valence-corrected chi connectivity index (χ2v) is 10.2. The molecule has 2 nitrogen and oxygen atoms in total. The van der Waals surface area contributed by atoms with E-state index in [9.17, 15) is 9.90 Å². The lowest BCUT2D eigenvalue weighted by atomic mass is 9.46. The lowest BCUT2D eigenvalue weighted by molar-refractivity contribution is -0.134. The Balaban J connectivity index is 1.75. The zero-order chi connectivity index (χ0) is 17.4. The van der Waals surface area contributed by atoms with Crippen molar-refractivity contribution in [3.8, 4) is 0 Å². The predicted molar refractivity (Wildman–Crippen MR) is 96.4 cm³/mol. The zero-order valence-corrected chi connectivity index (χ0v) is 16.1. The minimum absolute atomic E-state index is 0.0610. The first-order valence-corrected chi connectivity index (χ1v) is 10.1. The number of aliphatic hydroxyl groups excluding tert-OH is 1. The summed E-state index contributed by atoms with van der Waals surface area (Å²) in [5.74, 6) is 3.15. The lowest BCUT2D eigenvalue weighted by Crippen LogP contribution is -2.52. The van der Waals surface area contributed by atoms with Crippen LogP contribution in [0.3, 0.4) is 0 Å². The summed E-state index contributed by atoms with van der Waals surface area (Å²) in [6.45, 7) is 11.4. The van der Waals surface area contributed by atoms with Crippen LogP contribution in [0.4, 0.5) is 0 Å². The fourth-order valence-electron chi connectivity index (χ4n) is 7.56. The molecule has 3 saturated carbocycles. The number of Topliss-reactive ketones (excluding diaryl/α,β-unsaturated/α-hetero) is 1. The maximum atomic E-state index is 12.8. The van der Waals surface area contributed by atoms with E-state index in [1.807, 2.05) is 0 Å². The molecule has 4 aliphatic rings. The van der Waals surface area contributed by atoms with Gasteiger partial charge >= 0.3 is 0 Å². The van der Waals surface area contributed by atoms with E-state index in [-0.39, 0.29) is 22.9 Å². The van der Waals surface area contributed by atoms with Crippen molar-refractivity contribution >= 4 is 5.78 Å². The summed E-state index contributed by atoms with van der Waals surface area (Å²) in [6.07, 6.45) is 6.39. The SMILES string of the molecule is CC1=C2C[C@@H](O)[C@H](C)C[C@]2(C)[C@H]2CC[C@]3(C)C(=O)[C@H](C)C[C@H]3[C@@H]2C1. The summed E-state index contributed by atoms with van der Waals surface area (Å²) < 4.78 is 0. The van der Waals surface area contributed by atoms with Gasteiger partial charge in [-0.25, -0.2) is 0 Å². The average Bonchev–Trinajstić information content (AvgIpc) is 2.74. The highest BCUT2D eigenvalue weighted by atomic mass is 16.3. The Labute approximate surface area is 147 Å². The van der Waals surface area contributed by atoms with Gasteiger partial charge in [-0.3, -0.25) is 4.79 Å². The van der Waals surface area contributed by atoms with Crippen LogP contribution in [0.5, 0.6) is 0 Å². The molecule has 2 heteroatoms. The van der Waals surface area contributed by atoms with Crippen LogP contribution in [0.25, 0.3) is 0 Å². The Morgan fingerprint density at radius 1 is 1.08 bits per heavy atom. The number of rotatable bonds is 0. The van der Waals surface area contributed by atoms with Gasteiger partial charge in [-0.2, -0.15) is 0 Å². The van der Waals surface area contributed by atoms with Crippen molar-refractivity contribution in [3.63, 3.8) is 0 Å². The van der Waals surface area contributed by atoms with Gasteiger partial charge < -0.3 is 5.11 Å². The minimum Gasteiger partial charge on any atom is -0.393 e. The molecule has 0 aromatic heterocycles. The van der Waals surface area contributed by atoms with Gasteiger partial charge in [0.2, 0.25) is 0 Å². The third-order valence-electron chi connectivity index (χ3n) is 8.83. The standard InChI is InChI=1S/C22H34O2/c1-12-8-15-16(22(5)11-14(3)19(23)10-17(12)22)6-7-21(4)18(15)9-13(2)20(21)24/h13-16,18-19,23H,6-11H2,1-5H3/t13-,14-,15-,16+,18+,19-,21+,22-/m1/s1. The molecule has 0 radical (unpaired) electrons. The van der Waals surface area contributed by atoms with Crippen LogP contribution in [-0.2, 0) is 4.79 Å². The van der Waals surface area contributed by atoms with Crippen molar-refractivity contribution < 1.29 is 9.90 Å². The molecule has 1 N–H and O–H groups in total. The van der Waals surface area contributed by atoms with Gasteiger partial charge in [0, 0.05) is 11.3 Å². The van der Waals surface area contributed by atoms with Crippen molar-refractivity contribution in [2.45, 2.75) is 79.2 Å². The number of aliphatic hydroxyl groups is 1. The summed E-state index contributed by atoms with van der Waals surface area (Å²) in [7, 11) is 0. The van der Waals surface area contributed by atoms with Crippen molar-refractivity contribution in [2.75, 3.05) is 0 Å². The van der Waals surface area contributed by atoms with Crippen molar-refractivity contribution in [2.24, 2.45) is 40.4 Å². The summed E-state index contributed by atoms with van der Waals surface area (Å²) >= 11 is 0. The molecule has 0 saturated heterocycles. The first-order valence-electron chi connectivity index (χ1n) is 10.1. The summed E-state index contributed by atoms with van der Waals surface area (Å²) in [5, 5.41) is 10.4. The topological polar surface area (TPSA) is 37.3 Å². The largest absolute Gasteiger partial charge is 0.393 e. The second-order valence-electron chi connectivity index (χ2n) is 10.2. The number of hydrogen-bond acceptors (Lipinski definition) is 2. The molecule has 8 atom stereocenters. The van der Waals surface area contributed by atoms with E-state index in [0.717, 1.165) is 32.1 Å². The molecule has 0 aromatic carbocycles. The van der Waals surface area contributed by atoms with Crippen molar-refractivity contribution in [1.82, 2.24) is 0 Å². The highest BCUT2D eigenvalue weighted by Crippen LogP contribution is 2.66. The molecule has 0 amide bonds. The molecular weight excluding hydrogens is 296 g/mol. The van der Waals surface area contributed by atoms with Crippen LogP contribution >= 0.6 is 0 Å². The highest BCUT2D eigenvalue weighted by molar-refractivity contribution is 5.89. The van der Waals surface area contributed by atoms with Crippen LogP contribution in [0.1, 0.15) is 73.1 Å². The summed E-state index contributed by atoms with van der Waals surface area (Å²) in [6, 6.07) is 0. The molecule has 134 valence electrons. The Hall–Kier alpha value is -0.630. The highest BCUT2D eigenvalue weighted by Gasteiger charge is 2.61. The number of fused-ring (bicyclic) bond motifs is 5. The number of hydrogen-bond donors (Lipinski definition) is 1. The first kappa shape index (κ1) is 16.8. The van der Waals surface area contributed by atoms with Crippen LogP contribution in [-0.4, -0.2) is 17.0 Å². The number of carbonyl (C=O) groups excluding carboxylic acids is 1. The van der Waals surface area contributed by atoms with E-state index in [4.69, 9.17) is 0 Å². The van der Waals surface area contributed by atoms with Crippen LogP contribution in [0.2, 0.25) is 0 Å². The third kappa shape index (κ3) is 2.01. The molecule has 4 aliphatic carbocycles. The van der Waals surface area contributed by atoms with Gasteiger partial charge in [-0.05, 0) is 74.5 Å². The van der Waals surface area contributed by atoms with Crippen LogP contribution in [0, 0.1) is 40.4 Å². The molecule has 0 spiro atoms. The molecule has 4 rings (SSSR count).